The fraction of sp³-hybridized carbons (Fsp3) is 0.778. The van der Waals surface area contributed by atoms with E-state index in [-0.39, 0.29) is 12.8 Å². The average Bonchev–Trinajstić information content (AvgIpc) is 3.11. The van der Waals surface area contributed by atoms with E-state index in [0.717, 1.165) is 0 Å². The van der Waals surface area contributed by atoms with Crippen LogP contribution in [0.15, 0.2) is 0 Å². The number of aliphatic hydroxyl groups is 1. The first-order valence-electron chi connectivity index (χ1n) is 19.1. The lowest BCUT2D eigenvalue weighted by atomic mass is 9.96. The maximum Gasteiger partial charge on any atom is 0.326 e. The van der Waals surface area contributed by atoms with Gasteiger partial charge in [0.1, 0.15) is 42.3 Å². The molecule has 0 rings (SSSR count). The molecule has 0 saturated carbocycles. The highest BCUT2D eigenvalue weighted by Gasteiger charge is 2.35. The molecule has 0 fully saturated rings. The molecule has 0 bridgehead atoms. The van der Waals surface area contributed by atoms with Gasteiger partial charge in [0.15, 0.2) is 0 Å². The minimum absolute atomic E-state index is 0.122. The SMILES string of the molecule is CC[C@H](C)[C@H](NC(=O)[C@H](CO)NC(=O)[C@H](CCCCN)NC(C)=O)C(=O)N[C@@H](CCCCN)C(=O)N[C@H](C(=O)N[C@@H](C)C(=O)N[C@H](C(=O)O)C(C)C)C(C)C. The van der Waals surface area contributed by atoms with Gasteiger partial charge in [-0.1, -0.05) is 48.0 Å². The van der Waals surface area contributed by atoms with E-state index in [1.807, 2.05) is 0 Å². The van der Waals surface area contributed by atoms with Crippen molar-refractivity contribution in [3.05, 3.63) is 0 Å². The van der Waals surface area contributed by atoms with Crippen molar-refractivity contribution in [1.29, 1.82) is 0 Å². The molecule has 19 heteroatoms. The van der Waals surface area contributed by atoms with Gasteiger partial charge in [-0.15, -0.1) is 0 Å². The average molecular weight is 786 g/mol. The van der Waals surface area contributed by atoms with E-state index in [4.69, 9.17) is 11.5 Å². The van der Waals surface area contributed by atoms with Crippen LogP contribution in [-0.2, 0) is 38.4 Å². The number of carboxylic acid groups (broad SMARTS) is 1. The monoisotopic (exact) mass is 786 g/mol. The third kappa shape index (κ3) is 18.7. The zero-order valence-electron chi connectivity index (χ0n) is 33.7. The Hall–Kier alpha value is -4.36. The predicted molar refractivity (Wildman–Crippen MR) is 205 cm³/mol. The van der Waals surface area contributed by atoms with Crippen LogP contribution in [0, 0.1) is 17.8 Å². The van der Waals surface area contributed by atoms with Crippen LogP contribution in [0.3, 0.4) is 0 Å². The third-order valence-corrected chi connectivity index (χ3v) is 9.06. The number of carbonyl (C=O) groups is 8. The number of rotatable bonds is 27. The van der Waals surface area contributed by atoms with Gasteiger partial charge < -0.3 is 58.9 Å². The first-order valence-corrected chi connectivity index (χ1v) is 19.1. The molecule has 0 aliphatic rings. The second-order valence-electron chi connectivity index (χ2n) is 14.5. The molecule has 7 amide bonds. The van der Waals surface area contributed by atoms with E-state index >= 15 is 0 Å². The molecule has 13 N–H and O–H groups in total. The lowest BCUT2D eigenvalue weighted by Crippen LogP contribution is -2.61. The molecular weight excluding hydrogens is 718 g/mol. The van der Waals surface area contributed by atoms with Crippen LogP contribution in [0.4, 0.5) is 0 Å². The second kappa shape index (κ2) is 26.4. The highest BCUT2D eigenvalue weighted by Crippen LogP contribution is 2.12. The van der Waals surface area contributed by atoms with Crippen molar-refractivity contribution < 1.29 is 48.6 Å². The Labute approximate surface area is 324 Å². The van der Waals surface area contributed by atoms with Gasteiger partial charge in [-0.2, -0.15) is 0 Å². The number of unbranched alkanes of at least 4 members (excludes halogenated alkanes) is 2. The lowest BCUT2D eigenvalue weighted by molar-refractivity contribution is -0.143. The fourth-order valence-electron chi connectivity index (χ4n) is 5.40. The molecule has 8 atom stereocenters. The summed E-state index contributed by atoms with van der Waals surface area (Å²) in [7, 11) is 0. The van der Waals surface area contributed by atoms with Gasteiger partial charge in [0.05, 0.1) is 6.61 Å². The molecule has 0 aromatic rings. The number of hydrogen-bond donors (Lipinski definition) is 11. The first-order chi connectivity index (χ1) is 25.7. The van der Waals surface area contributed by atoms with Crippen molar-refractivity contribution in [3.63, 3.8) is 0 Å². The summed E-state index contributed by atoms with van der Waals surface area (Å²) in [6, 6.07) is -8.34. The van der Waals surface area contributed by atoms with Crippen LogP contribution in [0.5, 0.6) is 0 Å². The molecule has 19 nitrogen and oxygen atoms in total. The highest BCUT2D eigenvalue weighted by atomic mass is 16.4. The van der Waals surface area contributed by atoms with E-state index in [2.05, 4.69) is 37.2 Å². The van der Waals surface area contributed by atoms with Crippen LogP contribution in [0.2, 0.25) is 0 Å². The van der Waals surface area contributed by atoms with Crippen molar-refractivity contribution >= 4 is 47.3 Å². The zero-order chi connectivity index (χ0) is 42.4. The molecule has 0 spiro atoms. The molecule has 0 saturated heterocycles. The van der Waals surface area contributed by atoms with Gasteiger partial charge in [0, 0.05) is 6.92 Å². The third-order valence-electron chi connectivity index (χ3n) is 9.06. The van der Waals surface area contributed by atoms with Crippen LogP contribution >= 0.6 is 0 Å². The number of carbonyl (C=O) groups excluding carboxylic acids is 7. The number of hydrogen-bond acceptors (Lipinski definition) is 11. The van der Waals surface area contributed by atoms with Crippen molar-refractivity contribution in [1.82, 2.24) is 37.2 Å². The minimum atomic E-state index is -1.48. The Morgan fingerprint density at radius 2 is 0.945 bits per heavy atom. The first kappa shape index (κ1) is 50.6. The summed E-state index contributed by atoms with van der Waals surface area (Å²) in [6.07, 6.45) is 2.84. The summed E-state index contributed by atoms with van der Waals surface area (Å²) in [5, 5.41) is 37.2. The smallest absolute Gasteiger partial charge is 0.326 e. The van der Waals surface area contributed by atoms with Gasteiger partial charge in [-0.25, -0.2) is 4.79 Å². The van der Waals surface area contributed by atoms with Crippen molar-refractivity contribution in [2.24, 2.45) is 29.2 Å². The molecule has 0 unspecified atom stereocenters. The van der Waals surface area contributed by atoms with E-state index in [9.17, 15) is 48.6 Å². The van der Waals surface area contributed by atoms with E-state index in [1.165, 1.54) is 13.8 Å². The van der Waals surface area contributed by atoms with Crippen molar-refractivity contribution in [3.8, 4) is 0 Å². The summed E-state index contributed by atoms with van der Waals surface area (Å²) >= 11 is 0. The summed E-state index contributed by atoms with van der Waals surface area (Å²) < 4.78 is 0. The highest BCUT2D eigenvalue weighted by molar-refractivity contribution is 5.97. The van der Waals surface area contributed by atoms with Crippen LogP contribution < -0.4 is 48.7 Å². The van der Waals surface area contributed by atoms with E-state index in [1.54, 1.807) is 41.5 Å². The largest absolute Gasteiger partial charge is 0.480 e. The molecule has 0 aliphatic heterocycles. The maximum atomic E-state index is 13.8. The molecule has 55 heavy (non-hydrogen) atoms. The molecule has 0 radical (unpaired) electrons. The van der Waals surface area contributed by atoms with Gasteiger partial charge >= 0.3 is 5.97 Å². The van der Waals surface area contributed by atoms with Gasteiger partial charge in [-0.05, 0) is 76.3 Å². The molecule has 0 aromatic carbocycles. The van der Waals surface area contributed by atoms with Crippen LogP contribution in [-0.4, -0.2) is 120 Å². The van der Waals surface area contributed by atoms with Gasteiger partial charge in [-0.3, -0.25) is 33.6 Å². The summed E-state index contributed by atoms with van der Waals surface area (Å²) in [5.74, 6) is -7.54. The zero-order valence-corrected chi connectivity index (χ0v) is 33.7. The van der Waals surface area contributed by atoms with Crippen molar-refractivity contribution in [2.45, 2.75) is 143 Å². The maximum absolute atomic E-state index is 13.8. The topological polar surface area (TPSA) is 313 Å². The predicted octanol–water partition coefficient (Wildman–Crippen LogP) is -1.89. The Bertz CT molecular complexity index is 1280. The van der Waals surface area contributed by atoms with E-state index < -0.39 is 114 Å². The molecular formula is C36H67N9O10. The Morgan fingerprint density at radius 3 is 1.38 bits per heavy atom. The second-order valence-corrected chi connectivity index (χ2v) is 14.5. The molecule has 0 aromatic heterocycles. The fourth-order valence-corrected chi connectivity index (χ4v) is 5.40. The number of amides is 7. The lowest BCUT2D eigenvalue weighted by Gasteiger charge is -2.30. The quantitative estimate of drug-likeness (QED) is 0.0408. The van der Waals surface area contributed by atoms with Crippen LogP contribution in [0.1, 0.15) is 100 Å². The summed E-state index contributed by atoms with van der Waals surface area (Å²) in [6.45, 7) is 12.6. The number of nitrogens with one attached hydrogen (secondary N) is 7. The van der Waals surface area contributed by atoms with Crippen LogP contribution in [0.25, 0.3) is 0 Å². The Balaban J connectivity index is 6.07. The van der Waals surface area contributed by atoms with Gasteiger partial charge in [0.25, 0.3) is 0 Å². The minimum Gasteiger partial charge on any atom is -0.480 e. The Kier molecular flexibility index (Phi) is 24.3. The standard InChI is InChI=1S/C36H67N9O10/c1-9-21(6)29(45-33(51)26(18-46)42-31(49)24(40-23(8)47)14-10-12-16-37)35(53)41-25(15-11-13-17-38)32(50)43-27(19(2)3)34(52)39-22(7)30(48)44-28(20(4)5)36(54)55/h19-22,24-29,46H,9-18,37-38H2,1-8H3,(H,39,52)(H,40,47)(H,41,53)(H,42,49)(H,43,50)(H,44,48)(H,45,51)(H,54,55)/t21-,22-,24-,25-,26-,27-,28-,29-/m0/s1. The number of nitrogens with two attached hydrogens (primary N) is 2. The van der Waals surface area contributed by atoms with E-state index in [0.29, 0.717) is 45.2 Å². The molecule has 316 valence electrons. The van der Waals surface area contributed by atoms with Crippen molar-refractivity contribution in [2.75, 3.05) is 19.7 Å². The normalized spacial score (nSPS) is 15.6. The summed E-state index contributed by atoms with van der Waals surface area (Å²) in [4.78, 5) is 103. The number of aliphatic hydroxyl groups excluding tert-OH is 1. The Morgan fingerprint density at radius 1 is 0.527 bits per heavy atom. The molecule has 0 heterocycles. The van der Waals surface area contributed by atoms with Gasteiger partial charge in [0.2, 0.25) is 41.4 Å². The summed E-state index contributed by atoms with van der Waals surface area (Å²) in [5.41, 5.74) is 11.2. The molecule has 0 aliphatic carbocycles. The number of carboxylic acids is 1. The number of aliphatic carboxylic acids is 1.